The van der Waals surface area contributed by atoms with Crippen molar-refractivity contribution in [1.29, 1.82) is 5.26 Å². The average Bonchev–Trinajstić information content (AvgIpc) is 3.40. The molecule has 70 heavy (non-hydrogen) atoms. The van der Waals surface area contributed by atoms with Crippen molar-refractivity contribution in [3.05, 3.63) is 250 Å². The summed E-state index contributed by atoms with van der Waals surface area (Å²) in [7, 11) is 2.84. The Morgan fingerprint density at radius 1 is 0.529 bits per heavy atom. The first kappa shape index (κ1) is 51.0. The zero-order valence-electron chi connectivity index (χ0n) is 40.5. The molecule has 7 rings (SSSR count). The summed E-state index contributed by atoms with van der Waals surface area (Å²) < 4.78 is 9.06. The summed E-state index contributed by atoms with van der Waals surface area (Å²) in [4.78, 5) is 43.9. The van der Waals surface area contributed by atoms with Crippen LogP contribution in [0.15, 0.2) is 200 Å². The van der Waals surface area contributed by atoms with E-state index in [2.05, 4.69) is 49.6 Å². The van der Waals surface area contributed by atoms with Crippen molar-refractivity contribution in [3.8, 4) is 6.07 Å². The van der Waals surface area contributed by atoms with Gasteiger partial charge in [-0.1, -0.05) is 182 Å². The van der Waals surface area contributed by atoms with Crippen molar-refractivity contribution < 1.29 is 23.8 Å². The Bertz CT molecular complexity index is 2410. The van der Waals surface area contributed by atoms with Crippen LogP contribution < -0.4 is 11.2 Å². The van der Waals surface area contributed by atoms with Gasteiger partial charge in [0, 0.05) is 29.6 Å². The molecule has 12 heteroatoms. The van der Waals surface area contributed by atoms with Crippen LogP contribution in [-0.2, 0) is 25.3 Å². The van der Waals surface area contributed by atoms with Crippen LogP contribution in [0.4, 0.5) is 0 Å². The maximum atomic E-state index is 16.2. The molecule has 0 bridgehead atoms. The summed E-state index contributed by atoms with van der Waals surface area (Å²) >= 11 is 0. The number of carbonyl (C=O) groups is 2. The molecule has 0 aliphatic rings. The lowest BCUT2D eigenvalue weighted by atomic mass is 9.76. The Morgan fingerprint density at radius 3 is 1.09 bits per heavy atom. The number of hydrogen-bond donors (Lipinski definition) is 2. The molecule has 2 amide bonds. The van der Waals surface area contributed by atoms with Gasteiger partial charge in [-0.05, 0) is 91.3 Å². The Labute approximate surface area is 414 Å². The average molecular weight is 953 g/mol. The van der Waals surface area contributed by atoms with E-state index in [-0.39, 0.29) is 38.6 Å². The molecular formula is C58H61N6O5P. The smallest absolute Gasteiger partial charge is 0.271 e. The van der Waals surface area contributed by atoms with Crippen molar-refractivity contribution in [1.82, 2.24) is 25.9 Å². The lowest BCUT2D eigenvalue weighted by Crippen LogP contribution is -2.58. The Hall–Kier alpha value is -6.84. The SMILES string of the molecule is CONN(C(=O)c1cc(C(=O)N(NOC)C(c2ccccc2)(c2ccccc2)c2ccccc2)cc(C(CCC#N)OPN(C(C)C)C(C)C)c1)C(c1ccccc1)(c1ccccc1)c1ccccc1. The number of rotatable bonds is 22. The Morgan fingerprint density at radius 2 is 0.829 bits per heavy atom. The fourth-order valence-electron chi connectivity index (χ4n) is 9.32. The van der Waals surface area contributed by atoms with Gasteiger partial charge in [-0.25, -0.2) is 10.0 Å². The van der Waals surface area contributed by atoms with E-state index in [4.69, 9.17) is 14.2 Å². The number of nitrogens with one attached hydrogen (secondary N) is 2. The summed E-state index contributed by atoms with van der Waals surface area (Å²) in [5, 5.41) is 13.0. The van der Waals surface area contributed by atoms with E-state index in [0.29, 0.717) is 12.0 Å². The van der Waals surface area contributed by atoms with Crippen LogP contribution in [0.3, 0.4) is 0 Å². The zero-order valence-corrected chi connectivity index (χ0v) is 41.5. The Balaban J connectivity index is 1.52. The van der Waals surface area contributed by atoms with Crippen LogP contribution in [0.25, 0.3) is 0 Å². The topological polar surface area (TPSA) is 119 Å². The fraction of sp³-hybridized carbons (Fsp3) is 0.224. The molecule has 0 fully saturated rings. The number of benzene rings is 7. The molecule has 2 atom stereocenters. The van der Waals surface area contributed by atoms with E-state index >= 15 is 9.59 Å². The highest BCUT2D eigenvalue weighted by Gasteiger charge is 2.48. The van der Waals surface area contributed by atoms with Crippen LogP contribution in [0.1, 0.15) is 106 Å². The lowest BCUT2D eigenvalue weighted by molar-refractivity contribution is -0.0721. The van der Waals surface area contributed by atoms with Crippen LogP contribution in [0.5, 0.6) is 0 Å². The number of hydrazine groups is 2. The van der Waals surface area contributed by atoms with Gasteiger partial charge in [0.2, 0.25) is 0 Å². The number of hydrogen-bond acceptors (Lipinski definition) is 9. The molecule has 0 aliphatic carbocycles. The monoisotopic (exact) mass is 952 g/mol. The molecule has 2 unspecified atom stereocenters. The van der Waals surface area contributed by atoms with Gasteiger partial charge in [0.25, 0.3) is 11.8 Å². The first-order valence-corrected chi connectivity index (χ1v) is 24.3. The lowest BCUT2D eigenvalue weighted by Gasteiger charge is -2.45. The summed E-state index contributed by atoms with van der Waals surface area (Å²) in [6.07, 6.45) is -0.246. The minimum absolute atomic E-state index is 0.0884. The van der Waals surface area contributed by atoms with Gasteiger partial charge in [0.05, 0.1) is 35.4 Å². The molecule has 0 aliphatic heterocycles. The minimum atomic E-state index is -1.34. The molecule has 0 spiro atoms. The largest absolute Gasteiger partial charge is 0.338 e. The Kier molecular flexibility index (Phi) is 17.6. The molecule has 0 saturated heterocycles. The fourth-order valence-corrected chi connectivity index (χ4v) is 10.2. The summed E-state index contributed by atoms with van der Waals surface area (Å²) in [6, 6.07) is 66.4. The number of carbonyl (C=O) groups excluding carboxylic acids is 2. The molecule has 7 aromatic carbocycles. The van der Waals surface area contributed by atoms with Gasteiger partial charge in [-0.3, -0.25) is 23.9 Å². The molecule has 11 nitrogen and oxygen atoms in total. The molecule has 0 aromatic heterocycles. The van der Waals surface area contributed by atoms with Crippen LogP contribution >= 0.6 is 8.96 Å². The third-order valence-electron chi connectivity index (χ3n) is 12.3. The maximum Gasteiger partial charge on any atom is 0.271 e. The zero-order chi connectivity index (χ0) is 49.5. The van der Waals surface area contributed by atoms with Gasteiger partial charge in [-0.15, -0.1) is 11.2 Å². The van der Waals surface area contributed by atoms with E-state index in [0.717, 1.165) is 33.4 Å². The molecule has 2 N–H and O–H groups in total. The molecular weight excluding hydrogens is 892 g/mol. The summed E-state index contributed by atoms with van der Waals surface area (Å²) in [6.45, 7) is 8.45. The summed E-state index contributed by atoms with van der Waals surface area (Å²) in [5.41, 5.74) is 8.82. The second-order valence-electron chi connectivity index (χ2n) is 17.3. The number of nitrogens with zero attached hydrogens (tertiary/aromatic N) is 4. The highest BCUT2D eigenvalue weighted by molar-refractivity contribution is 7.29. The van der Waals surface area contributed by atoms with Crippen molar-refractivity contribution >= 4 is 20.8 Å². The van der Waals surface area contributed by atoms with Crippen molar-refractivity contribution in [3.63, 3.8) is 0 Å². The van der Waals surface area contributed by atoms with Gasteiger partial charge >= 0.3 is 0 Å². The third kappa shape index (κ3) is 10.7. The number of nitriles is 1. The molecule has 7 aromatic rings. The van der Waals surface area contributed by atoms with Crippen LogP contribution in [0, 0.1) is 11.3 Å². The highest BCUT2D eigenvalue weighted by atomic mass is 31.1. The predicted molar refractivity (Wildman–Crippen MR) is 277 cm³/mol. The molecule has 0 heterocycles. The number of amides is 2. The van der Waals surface area contributed by atoms with Crippen LogP contribution in [0.2, 0.25) is 0 Å². The second-order valence-corrected chi connectivity index (χ2v) is 18.3. The standard InChI is InChI=1S/C58H61N6O5P/c1-43(2)62(44(3)4)70-69-54(38-25-39-59)45-40-46(55(65)63(60-67-5)57(48-26-13-7-14-27-48,49-28-15-8-16-29-49)50-30-17-9-18-31-50)42-47(41-45)56(66)64(61-68-6)58(51-32-19-10-20-33-51,52-34-21-11-22-35-52)53-36-23-12-24-37-53/h7-24,26-37,40-44,54,60-61,70H,25,38H2,1-6H3. The van der Waals surface area contributed by atoms with E-state index in [1.54, 1.807) is 18.2 Å². The van der Waals surface area contributed by atoms with Gasteiger partial charge in [0.15, 0.2) is 0 Å². The van der Waals surface area contributed by atoms with Crippen molar-refractivity contribution in [2.24, 2.45) is 0 Å². The molecule has 0 saturated carbocycles. The minimum Gasteiger partial charge on any atom is -0.338 e. The first-order chi connectivity index (χ1) is 34.1. The van der Waals surface area contributed by atoms with Crippen molar-refractivity contribution in [2.45, 2.75) is 69.8 Å². The maximum absolute atomic E-state index is 16.2. The van der Waals surface area contributed by atoms with E-state index in [1.165, 1.54) is 24.2 Å². The molecule has 358 valence electrons. The summed E-state index contributed by atoms with van der Waals surface area (Å²) in [5.74, 6) is -1.04. The third-order valence-corrected chi connectivity index (χ3v) is 14.0. The van der Waals surface area contributed by atoms with E-state index < -0.39 is 29.0 Å². The van der Waals surface area contributed by atoms with Gasteiger partial charge < -0.3 is 4.52 Å². The van der Waals surface area contributed by atoms with Gasteiger partial charge in [0.1, 0.15) is 11.1 Å². The van der Waals surface area contributed by atoms with E-state index in [9.17, 15) is 5.26 Å². The second kappa shape index (κ2) is 24.1. The van der Waals surface area contributed by atoms with Gasteiger partial charge in [-0.2, -0.15) is 5.26 Å². The normalized spacial score (nSPS) is 12.3. The first-order valence-electron chi connectivity index (χ1n) is 23.4. The molecule has 0 radical (unpaired) electrons. The van der Waals surface area contributed by atoms with Crippen molar-refractivity contribution in [2.75, 3.05) is 14.2 Å². The highest BCUT2D eigenvalue weighted by Crippen LogP contribution is 2.45. The van der Waals surface area contributed by atoms with Crippen LogP contribution in [-0.4, -0.2) is 52.8 Å². The predicted octanol–water partition coefficient (Wildman–Crippen LogP) is 11.7. The quantitative estimate of drug-likeness (QED) is 0.0389. The van der Waals surface area contributed by atoms with E-state index in [1.807, 2.05) is 182 Å².